The molecule has 0 spiro atoms. The summed E-state index contributed by atoms with van der Waals surface area (Å²) in [5.41, 5.74) is 22.6. The van der Waals surface area contributed by atoms with Gasteiger partial charge in [0, 0.05) is 33.1 Å². The van der Waals surface area contributed by atoms with Gasteiger partial charge in [-0.1, -0.05) is 152 Å². The minimum atomic E-state index is 0.179. The topological polar surface area (TPSA) is 83.8 Å². The van der Waals surface area contributed by atoms with Crippen LogP contribution in [0, 0.1) is 20.8 Å². The lowest BCUT2D eigenvalue weighted by molar-refractivity contribution is 0.483. The van der Waals surface area contributed by atoms with Gasteiger partial charge in [0.25, 0.3) is 0 Å². The third-order valence-corrected chi connectivity index (χ3v) is 16.1. The van der Waals surface area contributed by atoms with Crippen molar-refractivity contribution in [3.63, 3.8) is 0 Å². The quantitative estimate of drug-likeness (QED) is 0.121. The first kappa shape index (κ1) is 51.3. The van der Waals surface area contributed by atoms with Crippen molar-refractivity contribution < 1.29 is 9.15 Å². The number of furan rings is 1. The molecule has 0 N–H and O–H groups in total. The van der Waals surface area contributed by atoms with E-state index < -0.39 is 0 Å². The molecule has 5 aromatic heterocycles. The molecule has 0 amide bonds. The molecule has 8 heteroatoms. The monoisotopic (exact) mass is 1060 g/mol. The van der Waals surface area contributed by atoms with Gasteiger partial charge in [-0.25, -0.2) is 15.0 Å². The summed E-state index contributed by atoms with van der Waals surface area (Å²) in [6, 6.07) is 62.6. The highest BCUT2D eigenvalue weighted by atomic mass is 16.5. The molecule has 0 aliphatic rings. The van der Waals surface area contributed by atoms with Gasteiger partial charge >= 0.3 is 0 Å². The number of imidazole rings is 2. The van der Waals surface area contributed by atoms with E-state index in [0.717, 1.165) is 89.3 Å². The molecule has 0 unspecified atom stereocenters. The third kappa shape index (κ3) is 8.85. The normalized spacial score (nSPS) is 12.1. The summed E-state index contributed by atoms with van der Waals surface area (Å²) in [5.74, 6) is 3.71. The Morgan fingerprint density at radius 2 is 0.877 bits per heavy atom. The fourth-order valence-electron chi connectivity index (χ4n) is 12.3. The van der Waals surface area contributed by atoms with Crippen LogP contribution in [-0.2, 0) is 0 Å². The van der Waals surface area contributed by atoms with Crippen LogP contribution in [0.4, 0.5) is 0 Å². The number of hydrogen-bond acceptors (Lipinski definition) is 6. The van der Waals surface area contributed by atoms with E-state index in [4.69, 9.17) is 29.1 Å². The number of hydrogen-bond donors (Lipinski definition) is 0. The molecule has 400 valence electrons. The number of rotatable bonds is 12. The van der Waals surface area contributed by atoms with E-state index in [1.807, 2.05) is 19.9 Å². The van der Waals surface area contributed by atoms with Crippen LogP contribution in [0.2, 0.25) is 0 Å². The second-order valence-electron chi connectivity index (χ2n) is 23.1. The Balaban J connectivity index is 1.05. The van der Waals surface area contributed by atoms with Crippen molar-refractivity contribution in [1.29, 1.82) is 0 Å². The molecule has 0 radical (unpaired) electrons. The lowest BCUT2D eigenvalue weighted by Crippen LogP contribution is -2.09. The van der Waals surface area contributed by atoms with Crippen LogP contribution in [0.15, 0.2) is 180 Å². The van der Waals surface area contributed by atoms with E-state index in [9.17, 15) is 0 Å². The standard InChI is InChI=1S/C73H66N6O2/c1-41(2)55-35-51(48-23-14-12-15-24-48)36-56(42(3)4)68(55)78-64-31-20-18-29-61(64)76-72(78)50-27-22-28-53(34-50)80-54-39-59-67-66-46(10)74-45(9)33-63(66)75-47(11)70(67)81-71(59)60(40-54)73-77-62-30-19-21-32-65(62)79(73)69-57(43(5)6)37-52(38-58(69)44(7)8)49-25-16-13-17-26-49/h12-44H,1-11H3. The predicted octanol–water partition coefficient (Wildman–Crippen LogP) is 20.1. The lowest BCUT2D eigenvalue weighted by atomic mass is 9.88. The molecular formula is C73H66N6O2. The largest absolute Gasteiger partial charge is 0.457 e. The van der Waals surface area contributed by atoms with E-state index in [1.54, 1.807) is 0 Å². The van der Waals surface area contributed by atoms with Crippen molar-refractivity contribution in [3.8, 4) is 67.9 Å². The van der Waals surface area contributed by atoms with Gasteiger partial charge in [-0.2, -0.15) is 0 Å². The summed E-state index contributed by atoms with van der Waals surface area (Å²) >= 11 is 0. The summed E-state index contributed by atoms with van der Waals surface area (Å²) in [6.45, 7) is 24.5. The van der Waals surface area contributed by atoms with Crippen LogP contribution >= 0.6 is 0 Å². The van der Waals surface area contributed by atoms with Gasteiger partial charge in [-0.15, -0.1) is 0 Å². The third-order valence-electron chi connectivity index (χ3n) is 16.1. The fraction of sp³-hybridized carbons (Fsp3) is 0.205. The molecule has 5 heterocycles. The van der Waals surface area contributed by atoms with Crippen LogP contribution in [0.5, 0.6) is 11.5 Å². The molecule has 0 saturated heterocycles. The van der Waals surface area contributed by atoms with Crippen LogP contribution in [0.25, 0.3) is 111 Å². The summed E-state index contributed by atoms with van der Waals surface area (Å²) in [4.78, 5) is 21.2. The van der Waals surface area contributed by atoms with E-state index in [2.05, 4.69) is 241 Å². The zero-order chi connectivity index (χ0) is 56.0. The summed E-state index contributed by atoms with van der Waals surface area (Å²) in [6.07, 6.45) is 0. The summed E-state index contributed by atoms with van der Waals surface area (Å²) < 4.78 is 19.3. The van der Waals surface area contributed by atoms with E-state index in [-0.39, 0.29) is 23.7 Å². The molecule has 0 aliphatic heterocycles. The van der Waals surface area contributed by atoms with Crippen molar-refractivity contribution in [1.82, 2.24) is 29.1 Å². The predicted molar refractivity (Wildman–Crippen MR) is 335 cm³/mol. The molecular weight excluding hydrogens is 993 g/mol. The van der Waals surface area contributed by atoms with Crippen LogP contribution < -0.4 is 4.74 Å². The number of ether oxygens (including phenoxy) is 1. The summed E-state index contributed by atoms with van der Waals surface area (Å²) in [5, 5.41) is 2.80. The number of nitrogens with zero attached hydrogens (tertiary/aromatic N) is 6. The van der Waals surface area contributed by atoms with Crippen molar-refractivity contribution in [2.75, 3.05) is 0 Å². The Kier molecular flexibility index (Phi) is 12.8. The highest BCUT2D eigenvalue weighted by Gasteiger charge is 2.29. The Hall–Kier alpha value is -9.14. The minimum Gasteiger partial charge on any atom is -0.457 e. The van der Waals surface area contributed by atoms with E-state index in [1.165, 1.54) is 50.2 Å². The molecule has 8 nitrogen and oxygen atoms in total. The number of aromatic nitrogens is 6. The molecule has 0 fully saturated rings. The Labute approximate surface area is 473 Å². The molecule has 13 aromatic rings. The maximum absolute atomic E-state index is 7.29. The van der Waals surface area contributed by atoms with Crippen LogP contribution in [0.1, 0.15) is 118 Å². The number of fused-ring (bicyclic) bond motifs is 7. The van der Waals surface area contributed by atoms with E-state index in [0.29, 0.717) is 22.7 Å². The molecule has 0 atom stereocenters. The highest BCUT2D eigenvalue weighted by Crippen LogP contribution is 2.47. The average Bonchev–Trinajstić information content (AvgIpc) is 4.31. The van der Waals surface area contributed by atoms with E-state index >= 15 is 0 Å². The molecule has 0 saturated carbocycles. The van der Waals surface area contributed by atoms with Crippen LogP contribution in [0.3, 0.4) is 0 Å². The SMILES string of the molecule is Cc1cc2nc(C)c3oc4c(-c5nc6ccccc6n5-c5c(C(C)C)cc(-c6ccccc6)cc5C(C)C)cc(Oc5cccc(-c6nc7ccccc7n6-c6c(C(C)C)cc(-c7ccccc7)cc6C(C)C)c5)cc4c3c2c(C)n1. The summed E-state index contributed by atoms with van der Waals surface area (Å²) in [7, 11) is 0. The lowest BCUT2D eigenvalue weighted by Gasteiger charge is -2.24. The average molecular weight is 1060 g/mol. The number of para-hydroxylation sites is 4. The number of benzene rings is 8. The van der Waals surface area contributed by atoms with Crippen molar-refractivity contribution in [2.45, 2.75) is 99.8 Å². The van der Waals surface area contributed by atoms with Crippen LogP contribution in [-0.4, -0.2) is 29.1 Å². The Morgan fingerprint density at radius 3 is 1.42 bits per heavy atom. The zero-order valence-corrected chi connectivity index (χ0v) is 48.1. The molecule has 0 bridgehead atoms. The second-order valence-corrected chi connectivity index (χ2v) is 23.1. The maximum Gasteiger partial charge on any atom is 0.157 e. The van der Waals surface area contributed by atoms with Gasteiger partial charge in [0.15, 0.2) is 5.58 Å². The first-order chi connectivity index (χ1) is 39.2. The van der Waals surface area contributed by atoms with Gasteiger partial charge < -0.3 is 9.15 Å². The fourth-order valence-corrected chi connectivity index (χ4v) is 12.3. The number of aryl methyl sites for hydroxylation is 3. The highest BCUT2D eigenvalue weighted by molar-refractivity contribution is 6.21. The van der Waals surface area contributed by atoms with Gasteiger partial charge in [0.1, 0.15) is 28.7 Å². The molecule has 81 heavy (non-hydrogen) atoms. The van der Waals surface area contributed by atoms with Gasteiger partial charge in [-0.3, -0.25) is 14.1 Å². The first-order valence-corrected chi connectivity index (χ1v) is 28.6. The zero-order valence-electron chi connectivity index (χ0n) is 48.1. The molecule has 8 aromatic carbocycles. The minimum absolute atomic E-state index is 0.179. The Bertz CT molecular complexity index is 4540. The van der Waals surface area contributed by atoms with Crippen molar-refractivity contribution in [3.05, 3.63) is 215 Å². The smallest absolute Gasteiger partial charge is 0.157 e. The van der Waals surface area contributed by atoms with Crippen molar-refractivity contribution in [2.24, 2.45) is 0 Å². The first-order valence-electron chi connectivity index (χ1n) is 28.6. The Morgan fingerprint density at radius 1 is 0.383 bits per heavy atom. The molecule has 13 rings (SSSR count). The van der Waals surface area contributed by atoms with Gasteiger partial charge in [0.2, 0.25) is 0 Å². The molecule has 0 aliphatic carbocycles. The van der Waals surface area contributed by atoms with Crippen molar-refractivity contribution >= 4 is 54.9 Å². The number of pyridine rings is 2. The van der Waals surface area contributed by atoms with Gasteiger partial charge in [-0.05, 0) is 168 Å². The van der Waals surface area contributed by atoms with Gasteiger partial charge in [0.05, 0.1) is 50.2 Å². The maximum atomic E-state index is 7.29. The second kappa shape index (κ2) is 20.2.